The highest BCUT2D eigenvalue weighted by Crippen LogP contribution is 2.18. The first-order valence-electron chi connectivity index (χ1n) is 5.43. The van der Waals surface area contributed by atoms with Crippen molar-refractivity contribution < 1.29 is 4.74 Å². The van der Waals surface area contributed by atoms with E-state index in [-0.39, 0.29) is 0 Å². The summed E-state index contributed by atoms with van der Waals surface area (Å²) in [6.07, 6.45) is 0.295. The molecule has 0 aliphatic carbocycles. The van der Waals surface area contributed by atoms with E-state index in [0.29, 0.717) is 11.1 Å². The van der Waals surface area contributed by atoms with Gasteiger partial charge in [0.05, 0.1) is 12.7 Å². The van der Waals surface area contributed by atoms with Gasteiger partial charge in [-0.1, -0.05) is 12.2 Å². The van der Waals surface area contributed by atoms with Crippen molar-refractivity contribution in [2.24, 2.45) is 5.73 Å². The highest BCUT2D eigenvalue weighted by atomic mass is 32.1. The number of hydrogen-bond donors (Lipinski definition) is 1. The summed E-state index contributed by atoms with van der Waals surface area (Å²) < 4.78 is 5.51. The third-order valence-corrected chi connectivity index (χ3v) is 2.99. The number of nitrogens with zero attached hydrogens (tertiary/aromatic N) is 1. The molecule has 1 aliphatic heterocycles. The van der Waals surface area contributed by atoms with Crippen LogP contribution >= 0.6 is 12.2 Å². The zero-order valence-corrected chi connectivity index (χ0v) is 10.2. The first-order valence-corrected chi connectivity index (χ1v) is 5.84. The van der Waals surface area contributed by atoms with Gasteiger partial charge in [0.15, 0.2) is 0 Å². The molecule has 1 aromatic rings. The van der Waals surface area contributed by atoms with E-state index in [1.165, 1.54) is 5.69 Å². The van der Waals surface area contributed by atoms with Crippen LogP contribution in [0, 0.1) is 0 Å². The number of morpholine rings is 1. The lowest BCUT2D eigenvalue weighted by Crippen LogP contribution is -2.41. The number of ether oxygens (including phenoxy) is 1. The zero-order valence-electron chi connectivity index (χ0n) is 9.35. The van der Waals surface area contributed by atoms with Crippen molar-refractivity contribution in [3.63, 3.8) is 0 Å². The third-order valence-electron chi connectivity index (χ3n) is 2.76. The minimum Gasteiger partial charge on any atom is -0.389 e. The molecule has 1 atom stereocenters. The molecule has 86 valence electrons. The molecule has 0 aromatic heterocycles. The molecule has 1 unspecified atom stereocenters. The maximum absolute atomic E-state index is 5.56. The number of thiocarbonyl (C=S) groups is 1. The summed E-state index contributed by atoms with van der Waals surface area (Å²) in [6.45, 7) is 4.76. The smallest absolute Gasteiger partial charge is 0.103 e. The summed E-state index contributed by atoms with van der Waals surface area (Å²) in [5.74, 6) is 0. The normalized spacial score (nSPS) is 20.8. The fourth-order valence-electron chi connectivity index (χ4n) is 1.89. The Balaban J connectivity index is 2.11. The van der Waals surface area contributed by atoms with Crippen molar-refractivity contribution in [2.75, 3.05) is 24.6 Å². The number of rotatable bonds is 2. The molecular formula is C12H16N2OS. The van der Waals surface area contributed by atoms with E-state index in [1.807, 2.05) is 12.1 Å². The average molecular weight is 236 g/mol. The van der Waals surface area contributed by atoms with Crippen molar-refractivity contribution in [3.05, 3.63) is 29.8 Å². The molecule has 1 fully saturated rings. The molecule has 0 amide bonds. The molecule has 0 bridgehead atoms. The van der Waals surface area contributed by atoms with Crippen molar-refractivity contribution in [1.29, 1.82) is 0 Å². The van der Waals surface area contributed by atoms with Crippen molar-refractivity contribution in [1.82, 2.24) is 0 Å². The van der Waals surface area contributed by atoms with Crippen LogP contribution in [0.3, 0.4) is 0 Å². The SMILES string of the molecule is CC1CN(c2ccc(C(N)=S)cc2)CCO1. The molecule has 16 heavy (non-hydrogen) atoms. The molecule has 0 spiro atoms. The molecular weight excluding hydrogens is 220 g/mol. The lowest BCUT2D eigenvalue weighted by Gasteiger charge is -2.33. The Hall–Kier alpha value is -1.13. The lowest BCUT2D eigenvalue weighted by atomic mass is 10.2. The monoisotopic (exact) mass is 236 g/mol. The Bertz CT molecular complexity index is 377. The average Bonchev–Trinajstić information content (AvgIpc) is 2.29. The van der Waals surface area contributed by atoms with Gasteiger partial charge in [-0.2, -0.15) is 0 Å². The van der Waals surface area contributed by atoms with Gasteiger partial charge in [-0.05, 0) is 31.2 Å². The summed E-state index contributed by atoms with van der Waals surface area (Å²) in [6, 6.07) is 8.06. The topological polar surface area (TPSA) is 38.5 Å². The lowest BCUT2D eigenvalue weighted by molar-refractivity contribution is 0.0532. The van der Waals surface area contributed by atoms with E-state index in [1.54, 1.807) is 0 Å². The second kappa shape index (κ2) is 4.80. The van der Waals surface area contributed by atoms with Gasteiger partial charge in [-0.25, -0.2) is 0 Å². The van der Waals surface area contributed by atoms with Gasteiger partial charge in [-0.15, -0.1) is 0 Å². The largest absolute Gasteiger partial charge is 0.389 e. The minimum absolute atomic E-state index is 0.295. The highest BCUT2D eigenvalue weighted by molar-refractivity contribution is 7.80. The molecule has 4 heteroatoms. The molecule has 3 nitrogen and oxygen atoms in total. The Kier molecular flexibility index (Phi) is 3.41. The molecule has 0 saturated carbocycles. The van der Waals surface area contributed by atoms with Gasteiger partial charge in [0.1, 0.15) is 4.99 Å². The fourth-order valence-corrected chi connectivity index (χ4v) is 2.03. The Morgan fingerprint density at radius 1 is 1.44 bits per heavy atom. The van der Waals surface area contributed by atoms with E-state index < -0.39 is 0 Å². The number of anilines is 1. The molecule has 1 aliphatic rings. The van der Waals surface area contributed by atoms with Gasteiger partial charge in [0.2, 0.25) is 0 Å². The molecule has 1 heterocycles. The Morgan fingerprint density at radius 2 is 2.12 bits per heavy atom. The Labute approximate surface area is 101 Å². The molecule has 0 radical (unpaired) electrons. The maximum Gasteiger partial charge on any atom is 0.103 e. The first kappa shape index (κ1) is 11.4. The second-order valence-electron chi connectivity index (χ2n) is 4.04. The first-order chi connectivity index (χ1) is 7.66. The van der Waals surface area contributed by atoms with E-state index in [0.717, 1.165) is 25.3 Å². The number of hydrogen-bond acceptors (Lipinski definition) is 3. The van der Waals surface area contributed by atoms with Gasteiger partial charge >= 0.3 is 0 Å². The van der Waals surface area contributed by atoms with Crippen molar-refractivity contribution in [3.8, 4) is 0 Å². The summed E-state index contributed by atoms with van der Waals surface area (Å²) in [5, 5.41) is 0. The van der Waals surface area contributed by atoms with Crippen LogP contribution in [0.2, 0.25) is 0 Å². The van der Waals surface area contributed by atoms with Gasteiger partial charge in [0, 0.05) is 24.3 Å². The molecule has 2 N–H and O–H groups in total. The fraction of sp³-hybridized carbons (Fsp3) is 0.417. The van der Waals surface area contributed by atoms with E-state index >= 15 is 0 Å². The van der Waals surface area contributed by atoms with Gasteiger partial charge in [0.25, 0.3) is 0 Å². The van der Waals surface area contributed by atoms with Crippen LogP contribution in [0.15, 0.2) is 24.3 Å². The predicted octanol–water partition coefficient (Wildman–Crippen LogP) is 1.55. The third kappa shape index (κ3) is 2.51. The number of nitrogens with two attached hydrogens (primary N) is 1. The van der Waals surface area contributed by atoms with E-state index in [2.05, 4.69) is 24.0 Å². The highest BCUT2D eigenvalue weighted by Gasteiger charge is 2.16. The van der Waals surface area contributed by atoms with Crippen LogP contribution < -0.4 is 10.6 Å². The van der Waals surface area contributed by atoms with Gasteiger partial charge < -0.3 is 15.4 Å². The predicted molar refractivity (Wildman–Crippen MR) is 70.0 cm³/mol. The molecule has 1 saturated heterocycles. The minimum atomic E-state index is 0.295. The van der Waals surface area contributed by atoms with Crippen LogP contribution in [0.1, 0.15) is 12.5 Å². The second-order valence-corrected chi connectivity index (χ2v) is 4.48. The van der Waals surface area contributed by atoms with Crippen LogP contribution in [0.25, 0.3) is 0 Å². The van der Waals surface area contributed by atoms with E-state index in [4.69, 9.17) is 22.7 Å². The van der Waals surface area contributed by atoms with Crippen molar-refractivity contribution >= 4 is 22.9 Å². The summed E-state index contributed by atoms with van der Waals surface area (Å²) in [7, 11) is 0. The van der Waals surface area contributed by atoms with Crippen LogP contribution in [-0.4, -0.2) is 30.8 Å². The Morgan fingerprint density at radius 3 is 2.69 bits per heavy atom. The van der Waals surface area contributed by atoms with Gasteiger partial charge in [-0.3, -0.25) is 0 Å². The zero-order chi connectivity index (χ0) is 11.5. The summed E-state index contributed by atoms with van der Waals surface area (Å²) in [5.41, 5.74) is 7.68. The van der Waals surface area contributed by atoms with E-state index in [9.17, 15) is 0 Å². The molecule has 2 rings (SSSR count). The van der Waals surface area contributed by atoms with Crippen LogP contribution in [0.4, 0.5) is 5.69 Å². The van der Waals surface area contributed by atoms with Crippen LogP contribution in [0.5, 0.6) is 0 Å². The molecule has 1 aromatic carbocycles. The van der Waals surface area contributed by atoms with Crippen molar-refractivity contribution in [2.45, 2.75) is 13.0 Å². The maximum atomic E-state index is 5.56. The van der Waals surface area contributed by atoms with Crippen LogP contribution in [-0.2, 0) is 4.74 Å². The quantitative estimate of drug-likeness (QED) is 0.791. The summed E-state index contributed by atoms with van der Waals surface area (Å²) >= 11 is 4.92. The number of benzene rings is 1. The summed E-state index contributed by atoms with van der Waals surface area (Å²) in [4.78, 5) is 2.76. The standard InChI is InChI=1S/C12H16N2OS/c1-9-8-14(6-7-15-9)11-4-2-10(3-5-11)12(13)16/h2-5,9H,6-8H2,1H3,(H2,13,16).